The van der Waals surface area contributed by atoms with E-state index < -0.39 is 0 Å². The number of benzene rings is 2. The van der Waals surface area contributed by atoms with Crippen LogP contribution in [0.15, 0.2) is 42.5 Å². The van der Waals surface area contributed by atoms with Gasteiger partial charge in [0.25, 0.3) is 5.91 Å². The highest BCUT2D eigenvalue weighted by Gasteiger charge is 2.25. The normalized spacial score (nSPS) is 12.5. The standard InChI is InChI=1S/C21H21N3O3S/c1-13-5-4-6-15(7-13)24-20(18-11-28-12-19(18)23-24)22-21(25)14-8-16(26-2)10-17(9-14)27-3/h4-10H,11-12H2,1-3H3,(H,22,25). The Bertz CT molecular complexity index is 1020. The topological polar surface area (TPSA) is 65.4 Å². The lowest BCUT2D eigenvalue weighted by Crippen LogP contribution is -2.16. The van der Waals surface area contributed by atoms with Crippen molar-refractivity contribution in [1.29, 1.82) is 0 Å². The van der Waals surface area contributed by atoms with E-state index in [0.717, 1.165) is 39.8 Å². The van der Waals surface area contributed by atoms with Crippen LogP contribution in [0.3, 0.4) is 0 Å². The Balaban J connectivity index is 1.73. The number of carbonyl (C=O) groups excluding carboxylic acids is 1. The summed E-state index contributed by atoms with van der Waals surface area (Å²) in [5.41, 5.74) is 4.63. The molecule has 0 bridgehead atoms. The lowest BCUT2D eigenvalue weighted by molar-refractivity contribution is 0.102. The summed E-state index contributed by atoms with van der Waals surface area (Å²) in [5.74, 6) is 3.31. The average molecular weight is 395 g/mol. The van der Waals surface area contributed by atoms with Gasteiger partial charge < -0.3 is 14.8 Å². The Hall–Kier alpha value is -2.93. The number of anilines is 1. The van der Waals surface area contributed by atoms with Crippen LogP contribution in [0, 0.1) is 6.92 Å². The molecule has 4 rings (SSSR count). The molecule has 1 N–H and O–H groups in total. The van der Waals surface area contributed by atoms with Gasteiger partial charge in [-0.1, -0.05) is 12.1 Å². The SMILES string of the molecule is COc1cc(OC)cc(C(=O)Nc2c3c(nn2-c2cccc(C)c2)CSC3)c1. The van der Waals surface area contributed by atoms with Crippen molar-refractivity contribution in [1.82, 2.24) is 9.78 Å². The van der Waals surface area contributed by atoms with E-state index in [4.69, 9.17) is 14.6 Å². The third-order valence-corrected chi connectivity index (χ3v) is 5.61. The Morgan fingerprint density at radius 3 is 2.54 bits per heavy atom. The Morgan fingerprint density at radius 1 is 1.11 bits per heavy atom. The van der Waals surface area contributed by atoms with E-state index in [2.05, 4.69) is 11.4 Å². The Labute approximate surface area is 167 Å². The van der Waals surface area contributed by atoms with Crippen LogP contribution in [0.5, 0.6) is 11.5 Å². The number of ether oxygens (including phenoxy) is 2. The van der Waals surface area contributed by atoms with Crippen molar-refractivity contribution in [3.63, 3.8) is 0 Å². The van der Waals surface area contributed by atoms with Gasteiger partial charge >= 0.3 is 0 Å². The third-order valence-electron chi connectivity index (χ3n) is 4.64. The zero-order chi connectivity index (χ0) is 19.7. The summed E-state index contributed by atoms with van der Waals surface area (Å²) in [6, 6.07) is 13.2. The van der Waals surface area contributed by atoms with Gasteiger partial charge in [-0.3, -0.25) is 4.79 Å². The smallest absolute Gasteiger partial charge is 0.257 e. The lowest BCUT2D eigenvalue weighted by atomic mass is 10.1. The molecule has 0 radical (unpaired) electrons. The predicted octanol–water partition coefficient (Wildman–Crippen LogP) is 4.20. The van der Waals surface area contributed by atoms with E-state index in [9.17, 15) is 4.79 Å². The van der Waals surface area contributed by atoms with Gasteiger partial charge in [-0.2, -0.15) is 16.9 Å². The van der Waals surface area contributed by atoms with Gasteiger partial charge in [-0.25, -0.2) is 4.68 Å². The van der Waals surface area contributed by atoms with Crippen LogP contribution >= 0.6 is 11.8 Å². The van der Waals surface area contributed by atoms with Crippen LogP contribution in [0.1, 0.15) is 27.2 Å². The maximum Gasteiger partial charge on any atom is 0.257 e. The van der Waals surface area contributed by atoms with Gasteiger partial charge in [0, 0.05) is 28.7 Å². The summed E-state index contributed by atoms with van der Waals surface area (Å²) in [4.78, 5) is 13.0. The number of hydrogen-bond donors (Lipinski definition) is 1. The first-order chi connectivity index (χ1) is 13.6. The third kappa shape index (κ3) is 3.45. The summed E-state index contributed by atoms with van der Waals surface area (Å²) in [7, 11) is 3.13. The highest BCUT2D eigenvalue weighted by molar-refractivity contribution is 7.98. The van der Waals surface area contributed by atoms with E-state index >= 15 is 0 Å². The molecule has 2 aromatic carbocycles. The molecule has 2 heterocycles. The van der Waals surface area contributed by atoms with Gasteiger partial charge in [0.15, 0.2) is 0 Å². The minimum Gasteiger partial charge on any atom is -0.497 e. The molecule has 0 saturated carbocycles. The van der Waals surface area contributed by atoms with Crippen molar-refractivity contribution < 1.29 is 14.3 Å². The second-order valence-electron chi connectivity index (χ2n) is 6.57. The summed E-state index contributed by atoms with van der Waals surface area (Å²) >= 11 is 1.80. The first-order valence-electron chi connectivity index (χ1n) is 8.89. The first-order valence-corrected chi connectivity index (χ1v) is 10.0. The molecule has 0 unspecified atom stereocenters. The van der Waals surface area contributed by atoms with Crippen molar-refractivity contribution in [2.75, 3.05) is 19.5 Å². The number of aromatic nitrogens is 2. The van der Waals surface area contributed by atoms with Gasteiger partial charge in [-0.05, 0) is 36.8 Å². The van der Waals surface area contributed by atoms with Gasteiger partial charge in [0.05, 0.1) is 25.6 Å². The molecule has 0 atom stereocenters. The monoisotopic (exact) mass is 395 g/mol. The second-order valence-corrected chi connectivity index (χ2v) is 7.56. The van der Waals surface area contributed by atoms with Crippen LogP contribution in [-0.2, 0) is 11.5 Å². The number of nitrogens with one attached hydrogen (secondary N) is 1. The quantitative estimate of drug-likeness (QED) is 0.701. The van der Waals surface area contributed by atoms with Crippen molar-refractivity contribution in [3.8, 4) is 17.2 Å². The molecule has 0 aliphatic carbocycles. The molecule has 1 amide bonds. The summed E-state index contributed by atoms with van der Waals surface area (Å²) < 4.78 is 12.4. The molecule has 1 aromatic heterocycles. The molecular formula is C21H21N3O3S. The molecule has 7 heteroatoms. The van der Waals surface area contributed by atoms with Gasteiger partial charge in [0.2, 0.25) is 0 Å². The summed E-state index contributed by atoms with van der Waals surface area (Å²) in [6.45, 7) is 2.04. The van der Waals surface area contributed by atoms with Gasteiger partial charge in [0.1, 0.15) is 17.3 Å². The average Bonchev–Trinajstić information content (AvgIpc) is 3.30. The largest absolute Gasteiger partial charge is 0.497 e. The Kier molecular flexibility index (Phi) is 5.00. The van der Waals surface area contributed by atoms with Crippen LogP contribution < -0.4 is 14.8 Å². The second kappa shape index (κ2) is 7.59. The van der Waals surface area contributed by atoms with E-state index in [-0.39, 0.29) is 5.91 Å². The highest BCUT2D eigenvalue weighted by Crippen LogP contribution is 2.36. The fourth-order valence-corrected chi connectivity index (χ4v) is 4.24. The molecule has 0 saturated heterocycles. The number of methoxy groups -OCH3 is 2. The zero-order valence-corrected chi connectivity index (χ0v) is 16.8. The molecule has 3 aromatic rings. The van der Waals surface area contributed by atoms with Crippen molar-refractivity contribution in [2.45, 2.75) is 18.4 Å². The molecule has 1 aliphatic rings. The fraction of sp³-hybridized carbons (Fsp3) is 0.238. The minimum atomic E-state index is -0.231. The molecule has 28 heavy (non-hydrogen) atoms. The van der Waals surface area contributed by atoms with Crippen molar-refractivity contribution in [2.24, 2.45) is 0 Å². The van der Waals surface area contributed by atoms with E-state index in [0.29, 0.717) is 17.1 Å². The van der Waals surface area contributed by atoms with E-state index in [1.54, 1.807) is 44.2 Å². The molecule has 0 fully saturated rings. The number of fused-ring (bicyclic) bond motifs is 1. The molecular weight excluding hydrogens is 374 g/mol. The van der Waals surface area contributed by atoms with Gasteiger partial charge in [-0.15, -0.1) is 0 Å². The number of thioether (sulfide) groups is 1. The van der Waals surface area contributed by atoms with Crippen molar-refractivity contribution >= 4 is 23.5 Å². The maximum absolute atomic E-state index is 13.0. The summed E-state index contributed by atoms with van der Waals surface area (Å²) in [6.07, 6.45) is 0. The number of rotatable bonds is 5. The predicted molar refractivity (Wildman–Crippen MR) is 111 cm³/mol. The van der Waals surface area contributed by atoms with Crippen LogP contribution in [0.2, 0.25) is 0 Å². The molecule has 1 aliphatic heterocycles. The first kappa shape index (κ1) is 18.4. The number of nitrogens with zero attached hydrogens (tertiary/aromatic N) is 2. The minimum absolute atomic E-state index is 0.231. The highest BCUT2D eigenvalue weighted by atomic mass is 32.2. The lowest BCUT2D eigenvalue weighted by Gasteiger charge is -2.13. The van der Waals surface area contributed by atoms with Crippen LogP contribution in [0.4, 0.5) is 5.82 Å². The molecule has 6 nitrogen and oxygen atoms in total. The zero-order valence-electron chi connectivity index (χ0n) is 16.0. The molecule has 144 valence electrons. The number of carbonyl (C=O) groups is 1. The van der Waals surface area contributed by atoms with Crippen LogP contribution in [0.25, 0.3) is 5.69 Å². The fourth-order valence-electron chi connectivity index (χ4n) is 3.21. The maximum atomic E-state index is 13.0. The molecule has 0 spiro atoms. The number of amides is 1. The number of aryl methyl sites for hydroxylation is 1. The Morgan fingerprint density at radius 2 is 1.86 bits per heavy atom. The summed E-state index contributed by atoms with van der Waals surface area (Å²) in [5, 5.41) is 7.81. The number of hydrogen-bond acceptors (Lipinski definition) is 5. The van der Waals surface area contributed by atoms with Crippen LogP contribution in [-0.4, -0.2) is 29.9 Å². The van der Waals surface area contributed by atoms with E-state index in [1.165, 1.54) is 0 Å². The van der Waals surface area contributed by atoms with Crippen molar-refractivity contribution in [3.05, 3.63) is 64.8 Å². The van der Waals surface area contributed by atoms with E-state index in [1.807, 2.05) is 29.8 Å².